The Hall–Kier alpha value is -1.08. The number of benzene rings is 2. The first-order valence-electron chi connectivity index (χ1n) is 4.07. The monoisotopic (exact) mass is 296 g/mol. The van der Waals surface area contributed by atoms with Crippen LogP contribution in [0.2, 0.25) is 0 Å². The summed E-state index contributed by atoms with van der Waals surface area (Å²) in [6, 6.07) is 8.94. The molecule has 0 nitrogen and oxygen atoms in total. The van der Waals surface area contributed by atoms with Crippen LogP contribution in [0.25, 0.3) is 10.8 Å². The van der Waals surface area contributed by atoms with Crippen LogP contribution in [0.4, 0.5) is 4.39 Å². The van der Waals surface area contributed by atoms with Gasteiger partial charge in [-0.1, -0.05) is 24.1 Å². The maximum absolute atomic E-state index is 13.4. The fraction of sp³-hybridized carbons (Fsp3) is 0. The maximum Gasteiger partial charge on any atom is 0.139 e. The van der Waals surface area contributed by atoms with Crippen LogP contribution >= 0.6 is 22.6 Å². The van der Waals surface area contributed by atoms with Gasteiger partial charge in [0.15, 0.2) is 0 Å². The molecule has 2 aromatic carbocycles. The van der Waals surface area contributed by atoms with Gasteiger partial charge in [0.25, 0.3) is 0 Å². The summed E-state index contributed by atoms with van der Waals surface area (Å²) in [5.41, 5.74) is 0.354. The first kappa shape index (κ1) is 9.47. The number of terminal acetylenes is 1. The Morgan fingerprint density at radius 2 is 2.00 bits per heavy atom. The molecule has 0 unspecified atom stereocenters. The molecule has 0 bridgehead atoms. The van der Waals surface area contributed by atoms with Crippen molar-refractivity contribution in [2.24, 2.45) is 0 Å². The second-order valence-electron chi connectivity index (χ2n) is 2.90. The van der Waals surface area contributed by atoms with E-state index in [0.717, 1.165) is 14.3 Å². The van der Waals surface area contributed by atoms with Crippen molar-refractivity contribution in [3.8, 4) is 12.3 Å². The van der Waals surface area contributed by atoms with Gasteiger partial charge in [0.1, 0.15) is 5.82 Å². The van der Waals surface area contributed by atoms with E-state index in [-0.39, 0.29) is 5.82 Å². The summed E-state index contributed by atoms with van der Waals surface area (Å²) >= 11 is 2.16. The van der Waals surface area contributed by atoms with E-state index in [0.29, 0.717) is 5.56 Å². The normalized spacial score (nSPS) is 10.1. The van der Waals surface area contributed by atoms with Crippen molar-refractivity contribution < 1.29 is 4.39 Å². The van der Waals surface area contributed by atoms with Crippen molar-refractivity contribution in [1.29, 1.82) is 0 Å². The summed E-state index contributed by atoms with van der Waals surface area (Å²) in [6.07, 6.45) is 5.29. The van der Waals surface area contributed by atoms with Gasteiger partial charge in [0.2, 0.25) is 0 Å². The number of hydrogen-bond donors (Lipinski definition) is 0. The number of hydrogen-bond acceptors (Lipinski definition) is 0. The van der Waals surface area contributed by atoms with Crippen LogP contribution in [-0.4, -0.2) is 0 Å². The minimum absolute atomic E-state index is 0.330. The van der Waals surface area contributed by atoms with E-state index in [4.69, 9.17) is 6.42 Å². The van der Waals surface area contributed by atoms with Crippen molar-refractivity contribution >= 4 is 33.4 Å². The number of rotatable bonds is 0. The molecule has 68 valence electrons. The van der Waals surface area contributed by atoms with Crippen molar-refractivity contribution in [3.63, 3.8) is 0 Å². The van der Waals surface area contributed by atoms with E-state index in [9.17, 15) is 4.39 Å². The number of halogens is 2. The van der Waals surface area contributed by atoms with Crippen LogP contribution in [0, 0.1) is 21.7 Å². The molecule has 2 heteroatoms. The van der Waals surface area contributed by atoms with Gasteiger partial charge in [-0.2, -0.15) is 0 Å². The Bertz CT molecular complexity index is 538. The third-order valence-corrected chi connectivity index (χ3v) is 2.99. The molecule has 0 spiro atoms. The highest BCUT2D eigenvalue weighted by atomic mass is 127. The first-order chi connectivity index (χ1) is 6.74. The van der Waals surface area contributed by atoms with Gasteiger partial charge >= 0.3 is 0 Å². The first-order valence-corrected chi connectivity index (χ1v) is 5.15. The molecule has 0 amide bonds. The van der Waals surface area contributed by atoms with Gasteiger partial charge in [-0.25, -0.2) is 4.39 Å². The fourth-order valence-corrected chi connectivity index (χ4v) is 2.24. The largest absolute Gasteiger partial charge is 0.206 e. The molecule has 0 heterocycles. The van der Waals surface area contributed by atoms with Gasteiger partial charge in [-0.15, -0.1) is 6.42 Å². The van der Waals surface area contributed by atoms with Crippen LogP contribution in [0.5, 0.6) is 0 Å². The smallest absolute Gasteiger partial charge is 0.139 e. The third-order valence-electron chi connectivity index (χ3n) is 2.09. The molecule has 0 aromatic heterocycles. The molecule has 0 N–H and O–H groups in total. The van der Waals surface area contributed by atoms with E-state index >= 15 is 0 Å². The average Bonchev–Trinajstić information content (AvgIpc) is 2.19. The molecule has 2 rings (SSSR count). The summed E-state index contributed by atoms with van der Waals surface area (Å²) < 4.78 is 14.3. The van der Waals surface area contributed by atoms with Crippen LogP contribution in [0.1, 0.15) is 5.56 Å². The SMILES string of the molecule is C#Cc1c(F)ccc2cccc(I)c12. The summed E-state index contributed by atoms with van der Waals surface area (Å²) in [6.45, 7) is 0. The van der Waals surface area contributed by atoms with Gasteiger partial charge < -0.3 is 0 Å². The molecule has 0 saturated heterocycles. The van der Waals surface area contributed by atoms with Crippen LogP contribution in [-0.2, 0) is 0 Å². The molecular weight excluding hydrogens is 290 g/mol. The lowest BCUT2D eigenvalue weighted by Crippen LogP contribution is -1.88. The highest BCUT2D eigenvalue weighted by Crippen LogP contribution is 2.25. The highest BCUT2D eigenvalue weighted by molar-refractivity contribution is 14.1. The minimum Gasteiger partial charge on any atom is -0.206 e. The van der Waals surface area contributed by atoms with Crippen molar-refractivity contribution in [2.75, 3.05) is 0 Å². The van der Waals surface area contributed by atoms with E-state index in [2.05, 4.69) is 28.5 Å². The van der Waals surface area contributed by atoms with E-state index in [1.54, 1.807) is 6.07 Å². The Morgan fingerprint density at radius 1 is 1.21 bits per heavy atom. The average molecular weight is 296 g/mol. The third kappa shape index (κ3) is 1.38. The Morgan fingerprint density at radius 3 is 2.71 bits per heavy atom. The van der Waals surface area contributed by atoms with Gasteiger partial charge in [0, 0.05) is 8.96 Å². The van der Waals surface area contributed by atoms with E-state index in [1.807, 2.05) is 18.2 Å². The Balaban J connectivity index is 3.01. The lowest BCUT2D eigenvalue weighted by atomic mass is 10.0. The van der Waals surface area contributed by atoms with Crippen LogP contribution < -0.4 is 0 Å². The van der Waals surface area contributed by atoms with E-state index in [1.165, 1.54) is 6.07 Å². The number of fused-ring (bicyclic) bond motifs is 1. The van der Waals surface area contributed by atoms with Gasteiger partial charge in [0.05, 0.1) is 5.56 Å². The predicted molar refractivity (Wildman–Crippen MR) is 64.6 cm³/mol. The van der Waals surface area contributed by atoms with Gasteiger partial charge in [-0.3, -0.25) is 0 Å². The molecule has 0 radical (unpaired) electrons. The molecular formula is C12H6FI. The zero-order valence-electron chi connectivity index (χ0n) is 7.22. The molecule has 14 heavy (non-hydrogen) atoms. The molecule has 0 aliphatic carbocycles. The minimum atomic E-state index is -0.330. The van der Waals surface area contributed by atoms with Gasteiger partial charge in [-0.05, 0) is 40.1 Å². The molecule has 0 fully saturated rings. The molecule has 2 aromatic rings. The lowest BCUT2D eigenvalue weighted by molar-refractivity contribution is 0.626. The topological polar surface area (TPSA) is 0 Å². The fourth-order valence-electron chi connectivity index (χ4n) is 1.45. The van der Waals surface area contributed by atoms with Crippen molar-refractivity contribution in [2.45, 2.75) is 0 Å². The highest BCUT2D eigenvalue weighted by Gasteiger charge is 2.07. The maximum atomic E-state index is 13.4. The van der Waals surface area contributed by atoms with Crippen LogP contribution in [0.3, 0.4) is 0 Å². The Kier molecular flexibility index (Phi) is 2.42. The van der Waals surface area contributed by atoms with Crippen LogP contribution in [0.15, 0.2) is 30.3 Å². The molecule has 0 saturated carbocycles. The standard InChI is InChI=1S/C12H6FI/c1-2-9-10(13)7-6-8-4-3-5-11(14)12(8)9/h1,3-7H. The quantitative estimate of drug-likeness (QED) is 0.515. The molecule has 0 atom stereocenters. The van der Waals surface area contributed by atoms with E-state index < -0.39 is 0 Å². The van der Waals surface area contributed by atoms with Crippen molar-refractivity contribution in [1.82, 2.24) is 0 Å². The summed E-state index contributed by atoms with van der Waals surface area (Å²) in [5, 5.41) is 1.81. The summed E-state index contributed by atoms with van der Waals surface area (Å²) in [7, 11) is 0. The molecule has 0 aliphatic heterocycles. The lowest BCUT2D eigenvalue weighted by Gasteiger charge is -2.04. The zero-order chi connectivity index (χ0) is 10.1. The summed E-state index contributed by atoms with van der Waals surface area (Å²) in [4.78, 5) is 0. The van der Waals surface area contributed by atoms with Crippen molar-refractivity contribution in [3.05, 3.63) is 45.3 Å². The molecule has 0 aliphatic rings. The predicted octanol–water partition coefficient (Wildman–Crippen LogP) is 3.56. The second-order valence-corrected chi connectivity index (χ2v) is 4.07. The Labute approximate surface area is 95.3 Å². The zero-order valence-corrected chi connectivity index (χ0v) is 9.38. The summed E-state index contributed by atoms with van der Waals surface area (Å²) in [5.74, 6) is 2.07. The second kappa shape index (κ2) is 3.58.